The number of nitrogens with one attached hydrogen (secondary N) is 1. The van der Waals surface area contributed by atoms with Gasteiger partial charge in [0.2, 0.25) is 0 Å². The molecule has 1 aliphatic carbocycles. The molecular formula is C15H18N4. The first-order chi connectivity index (χ1) is 9.24. The Morgan fingerprint density at radius 2 is 1.89 bits per heavy atom. The maximum absolute atomic E-state index is 5.80. The summed E-state index contributed by atoms with van der Waals surface area (Å²) in [5, 5.41) is 3.47. The lowest BCUT2D eigenvalue weighted by Crippen LogP contribution is -2.21. The lowest BCUT2D eigenvalue weighted by molar-refractivity contribution is 0.765. The largest absolute Gasteiger partial charge is 0.384 e. The average molecular weight is 254 g/mol. The Hall–Kier alpha value is -2.10. The minimum Gasteiger partial charge on any atom is -0.384 e. The monoisotopic (exact) mass is 254 g/mol. The van der Waals surface area contributed by atoms with E-state index in [1.165, 1.54) is 11.1 Å². The third-order valence-corrected chi connectivity index (χ3v) is 3.51. The van der Waals surface area contributed by atoms with Gasteiger partial charge in [-0.05, 0) is 24.0 Å². The van der Waals surface area contributed by atoms with E-state index >= 15 is 0 Å². The number of benzene rings is 1. The standard InChI is InChI=1S/C15H18N4/c1-2-14-18-13(16)9-15(19-14)17-12-7-10-5-3-4-6-11(10)8-12/h3-6,9,12H,2,7-8H2,1H3,(H3,16,17,18,19). The van der Waals surface area contributed by atoms with Gasteiger partial charge >= 0.3 is 0 Å². The molecule has 1 aliphatic rings. The maximum atomic E-state index is 5.80. The fourth-order valence-corrected chi connectivity index (χ4v) is 2.62. The number of hydrogen-bond donors (Lipinski definition) is 2. The average Bonchev–Trinajstić information content (AvgIpc) is 2.80. The highest BCUT2D eigenvalue weighted by atomic mass is 15.1. The van der Waals surface area contributed by atoms with Crippen molar-refractivity contribution in [3.05, 3.63) is 47.3 Å². The van der Waals surface area contributed by atoms with Crippen molar-refractivity contribution < 1.29 is 0 Å². The Bertz CT molecular complexity index is 569. The lowest BCUT2D eigenvalue weighted by atomic mass is 10.1. The van der Waals surface area contributed by atoms with Crippen molar-refractivity contribution in [3.8, 4) is 0 Å². The minimum absolute atomic E-state index is 0.399. The van der Waals surface area contributed by atoms with E-state index in [-0.39, 0.29) is 0 Å². The summed E-state index contributed by atoms with van der Waals surface area (Å²) in [6.45, 7) is 2.03. The molecule has 0 aliphatic heterocycles. The number of hydrogen-bond acceptors (Lipinski definition) is 4. The minimum atomic E-state index is 0.399. The van der Waals surface area contributed by atoms with Crippen LogP contribution in [0.15, 0.2) is 30.3 Å². The molecule has 1 aromatic heterocycles. The molecule has 19 heavy (non-hydrogen) atoms. The summed E-state index contributed by atoms with van der Waals surface area (Å²) < 4.78 is 0. The van der Waals surface area contributed by atoms with Crippen LogP contribution in [-0.4, -0.2) is 16.0 Å². The second kappa shape index (κ2) is 4.88. The first-order valence-electron chi connectivity index (χ1n) is 6.71. The van der Waals surface area contributed by atoms with E-state index in [9.17, 15) is 0 Å². The number of nitrogens with two attached hydrogens (primary N) is 1. The first-order valence-corrected chi connectivity index (χ1v) is 6.71. The molecule has 4 heteroatoms. The summed E-state index contributed by atoms with van der Waals surface area (Å²) in [5.41, 5.74) is 8.66. The molecule has 1 heterocycles. The van der Waals surface area contributed by atoms with Crippen LogP contribution in [0.1, 0.15) is 23.9 Å². The number of rotatable bonds is 3. The molecule has 1 aromatic carbocycles. The third-order valence-electron chi connectivity index (χ3n) is 3.51. The van der Waals surface area contributed by atoms with Gasteiger partial charge in [0.15, 0.2) is 0 Å². The van der Waals surface area contributed by atoms with Crippen molar-refractivity contribution in [2.45, 2.75) is 32.2 Å². The number of aromatic nitrogens is 2. The van der Waals surface area contributed by atoms with Crippen LogP contribution in [0.2, 0.25) is 0 Å². The molecule has 4 nitrogen and oxygen atoms in total. The van der Waals surface area contributed by atoms with E-state index in [0.29, 0.717) is 11.9 Å². The molecule has 2 aromatic rings. The molecule has 0 atom stereocenters. The van der Waals surface area contributed by atoms with Crippen molar-refractivity contribution in [2.75, 3.05) is 11.1 Å². The summed E-state index contributed by atoms with van der Waals surface area (Å²) in [4.78, 5) is 8.67. The SMILES string of the molecule is CCc1nc(N)cc(NC2Cc3ccccc3C2)n1. The highest BCUT2D eigenvalue weighted by Gasteiger charge is 2.21. The van der Waals surface area contributed by atoms with E-state index in [0.717, 1.165) is 30.9 Å². The smallest absolute Gasteiger partial charge is 0.132 e. The zero-order valence-electron chi connectivity index (χ0n) is 11.1. The van der Waals surface area contributed by atoms with Gasteiger partial charge in [-0.25, -0.2) is 9.97 Å². The van der Waals surface area contributed by atoms with Gasteiger partial charge < -0.3 is 11.1 Å². The van der Waals surface area contributed by atoms with E-state index < -0.39 is 0 Å². The predicted octanol–water partition coefficient (Wildman–Crippen LogP) is 2.20. The van der Waals surface area contributed by atoms with Gasteiger partial charge in [-0.15, -0.1) is 0 Å². The molecule has 0 amide bonds. The molecule has 0 bridgehead atoms. The number of fused-ring (bicyclic) bond motifs is 1. The number of nitrogen functional groups attached to an aromatic ring is 1. The second-order valence-electron chi connectivity index (χ2n) is 4.97. The molecule has 0 unspecified atom stereocenters. The van der Waals surface area contributed by atoms with Crippen LogP contribution in [0.5, 0.6) is 0 Å². The fourth-order valence-electron chi connectivity index (χ4n) is 2.62. The molecule has 98 valence electrons. The predicted molar refractivity (Wildman–Crippen MR) is 77.1 cm³/mol. The van der Waals surface area contributed by atoms with E-state index in [4.69, 9.17) is 5.73 Å². The van der Waals surface area contributed by atoms with Gasteiger partial charge in [0, 0.05) is 18.5 Å². The number of aryl methyl sites for hydroxylation is 1. The second-order valence-corrected chi connectivity index (χ2v) is 4.97. The summed E-state index contributed by atoms with van der Waals surface area (Å²) in [6, 6.07) is 10.8. The highest BCUT2D eigenvalue weighted by molar-refractivity contribution is 5.47. The quantitative estimate of drug-likeness (QED) is 0.881. The molecular weight excluding hydrogens is 236 g/mol. The van der Waals surface area contributed by atoms with Gasteiger partial charge in [-0.3, -0.25) is 0 Å². The summed E-state index contributed by atoms with van der Waals surface area (Å²) >= 11 is 0. The van der Waals surface area contributed by atoms with Crippen molar-refractivity contribution >= 4 is 11.6 Å². The molecule has 0 spiro atoms. The lowest BCUT2D eigenvalue weighted by Gasteiger charge is -2.13. The first kappa shape index (κ1) is 12.0. The Morgan fingerprint density at radius 3 is 2.53 bits per heavy atom. The van der Waals surface area contributed by atoms with Gasteiger partial charge in [0.1, 0.15) is 17.5 Å². The third kappa shape index (κ3) is 2.52. The fraction of sp³-hybridized carbons (Fsp3) is 0.333. The summed E-state index contributed by atoms with van der Waals surface area (Å²) in [7, 11) is 0. The van der Waals surface area contributed by atoms with Crippen molar-refractivity contribution in [1.82, 2.24) is 9.97 Å². The Labute approximate surface area is 113 Å². The van der Waals surface area contributed by atoms with E-state index in [1.807, 2.05) is 13.0 Å². The maximum Gasteiger partial charge on any atom is 0.132 e. The Kier molecular flexibility index (Phi) is 3.07. The number of anilines is 2. The van der Waals surface area contributed by atoms with Crippen LogP contribution in [-0.2, 0) is 19.3 Å². The van der Waals surface area contributed by atoms with Gasteiger partial charge in [0.05, 0.1) is 0 Å². The molecule has 0 radical (unpaired) electrons. The van der Waals surface area contributed by atoms with Crippen molar-refractivity contribution in [3.63, 3.8) is 0 Å². The molecule has 3 N–H and O–H groups in total. The van der Waals surface area contributed by atoms with E-state index in [2.05, 4.69) is 39.6 Å². The topological polar surface area (TPSA) is 63.8 Å². The van der Waals surface area contributed by atoms with E-state index in [1.54, 1.807) is 0 Å². The zero-order chi connectivity index (χ0) is 13.2. The summed E-state index contributed by atoms with van der Waals surface area (Å²) in [5.74, 6) is 2.16. The molecule has 3 rings (SSSR count). The van der Waals surface area contributed by atoms with Gasteiger partial charge in [-0.1, -0.05) is 31.2 Å². The van der Waals surface area contributed by atoms with Crippen molar-refractivity contribution in [2.24, 2.45) is 0 Å². The van der Waals surface area contributed by atoms with Crippen LogP contribution in [0, 0.1) is 0 Å². The molecule has 0 saturated carbocycles. The Morgan fingerprint density at radius 1 is 1.21 bits per heavy atom. The van der Waals surface area contributed by atoms with Gasteiger partial charge in [0.25, 0.3) is 0 Å². The number of nitrogens with zero attached hydrogens (tertiary/aromatic N) is 2. The molecule has 0 saturated heterocycles. The van der Waals surface area contributed by atoms with Crippen LogP contribution < -0.4 is 11.1 Å². The molecule has 0 fully saturated rings. The van der Waals surface area contributed by atoms with Gasteiger partial charge in [-0.2, -0.15) is 0 Å². The van der Waals surface area contributed by atoms with Crippen molar-refractivity contribution in [1.29, 1.82) is 0 Å². The summed E-state index contributed by atoms with van der Waals surface area (Å²) in [6.07, 6.45) is 2.88. The van der Waals surface area contributed by atoms with Crippen LogP contribution >= 0.6 is 0 Å². The Balaban J connectivity index is 1.75. The highest BCUT2D eigenvalue weighted by Crippen LogP contribution is 2.24. The van der Waals surface area contributed by atoms with Crippen LogP contribution in [0.3, 0.4) is 0 Å². The van der Waals surface area contributed by atoms with Crippen LogP contribution in [0.25, 0.3) is 0 Å². The van der Waals surface area contributed by atoms with Crippen LogP contribution in [0.4, 0.5) is 11.6 Å². The normalized spacial score (nSPS) is 14.4. The zero-order valence-corrected chi connectivity index (χ0v) is 11.1.